The maximum absolute atomic E-state index is 13.6. The molecule has 2 bridgehead atoms. The number of imidazole rings is 3. The van der Waals surface area contributed by atoms with Crippen LogP contribution in [0.25, 0.3) is 28.1 Å². The van der Waals surface area contributed by atoms with Crippen molar-refractivity contribution in [1.29, 1.82) is 0 Å². The van der Waals surface area contributed by atoms with Gasteiger partial charge in [0, 0.05) is 30.8 Å². The number of anilines is 1. The molecule has 2 aliphatic heterocycles. The van der Waals surface area contributed by atoms with Crippen LogP contribution in [0, 0.1) is 11.8 Å². The monoisotopic (exact) mass is 696 g/mol. The number of nitrogens with one attached hydrogen (secondary N) is 1. The highest BCUT2D eigenvalue weighted by Gasteiger charge is 2.47. The lowest BCUT2D eigenvalue weighted by atomic mass is 9.70. The van der Waals surface area contributed by atoms with Gasteiger partial charge in [0.2, 0.25) is 5.78 Å². The summed E-state index contributed by atoms with van der Waals surface area (Å²) in [4.78, 5) is 37.1. The minimum Gasteiger partial charge on any atom is -0.382 e. The van der Waals surface area contributed by atoms with Crippen molar-refractivity contribution in [2.24, 2.45) is 11.8 Å². The first-order valence-corrected chi connectivity index (χ1v) is 19.2. The number of nitrogens with two attached hydrogens (primary N) is 1. The molecule has 3 N–H and O–H groups in total. The van der Waals surface area contributed by atoms with Gasteiger partial charge in [-0.1, -0.05) is 24.5 Å². The van der Waals surface area contributed by atoms with E-state index >= 15 is 0 Å². The molecule has 22 heteroatoms. The number of nitrogens with zero attached hydrogens (tertiary/aromatic N) is 8. The largest absolute Gasteiger partial charge is 0.386 e. The summed E-state index contributed by atoms with van der Waals surface area (Å²) in [5.41, 5.74) is 7.04. The predicted molar refractivity (Wildman–Crippen MR) is 164 cm³/mol. The smallest absolute Gasteiger partial charge is 0.382 e. The van der Waals surface area contributed by atoms with Gasteiger partial charge in [-0.15, -0.1) is 0 Å². The van der Waals surface area contributed by atoms with Gasteiger partial charge in [0.25, 0.3) is 5.56 Å². The van der Waals surface area contributed by atoms with Gasteiger partial charge in [-0.05, 0) is 12.3 Å². The van der Waals surface area contributed by atoms with Gasteiger partial charge in [-0.2, -0.15) is 0 Å². The van der Waals surface area contributed by atoms with Crippen LogP contribution in [0.2, 0.25) is 0 Å². The number of nitrogen functional groups attached to an aromatic ring is 1. The third kappa shape index (κ3) is 5.21. The van der Waals surface area contributed by atoms with Crippen molar-refractivity contribution in [3.63, 3.8) is 0 Å². The molecular weight excluding hydrogens is 670 g/mol. The quantitative estimate of drug-likeness (QED) is 0.154. The van der Waals surface area contributed by atoms with Gasteiger partial charge < -0.3 is 29.1 Å². The van der Waals surface area contributed by atoms with Crippen molar-refractivity contribution >= 4 is 72.0 Å². The van der Waals surface area contributed by atoms with Crippen molar-refractivity contribution < 1.29 is 32.0 Å². The SMILES string of the molecule is Nc1ncnc2c1ncn2[C@@H]1C[C@@H]2CO[P@](=O)(S)O[C@@H]3C[C@@H](CO[P@](=O)(S)OC[C@H]21)O[C@H]3n1cnc2c(=O)n3ccnc3[nH]c21. The summed E-state index contributed by atoms with van der Waals surface area (Å²) >= 11 is 8.49. The second kappa shape index (κ2) is 10.9. The van der Waals surface area contributed by atoms with Crippen molar-refractivity contribution in [2.45, 2.75) is 37.3 Å². The Bertz CT molecular complexity index is 2100. The Labute approximate surface area is 263 Å². The summed E-state index contributed by atoms with van der Waals surface area (Å²) in [5.74, 6) is 0.0947. The first-order valence-electron chi connectivity index (χ1n) is 13.8. The number of thiol groups is 2. The van der Waals surface area contributed by atoms with Gasteiger partial charge in [-0.3, -0.25) is 18.4 Å². The number of hydrogen-bond donors (Lipinski definition) is 4. The topological polar surface area (TPSA) is 218 Å². The highest BCUT2D eigenvalue weighted by Crippen LogP contribution is 2.60. The molecule has 2 saturated heterocycles. The zero-order chi connectivity index (χ0) is 31.1. The van der Waals surface area contributed by atoms with E-state index < -0.39 is 32.0 Å². The Morgan fingerprint density at radius 2 is 1.71 bits per heavy atom. The van der Waals surface area contributed by atoms with E-state index in [0.717, 1.165) is 0 Å². The van der Waals surface area contributed by atoms with Gasteiger partial charge in [0.15, 0.2) is 23.2 Å². The third-order valence-corrected chi connectivity index (χ3v) is 11.8. The van der Waals surface area contributed by atoms with E-state index in [1.807, 2.05) is 4.57 Å². The van der Waals surface area contributed by atoms with E-state index in [1.54, 1.807) is 10.9 Å². The van der Waals surface area contributed by atoms with Crippen LogP contribution in [0.4, 0.5) is 5.82 Å². The molecule has 0 spiro atoms. The number of fused-ring (bicyclic) bond motifs is 6. The predicted octanol–water partition coefficient (Wildman–Crippen LogP) is 2.78. The molecule has 0 amide bonds. The molecule has 3 fully saturated rings. The number of ether oxygens (including phenoxy) is 1. The van der Waals surface area contributed by atoms with Crippen LogP contribution >= 0.6 is 38.1 Å². The molecule has 45 heavy (non-hydrogen) atoms. The normalized spacial score (nSPS) is 34.5. The lowest BCUT2D eigenvalue weighted by Crippen LogP contribution is -2.43. The van der Waals surface area contributed by atoms with Crippen LogP contribution in [0.1, 0.15) is 25.1 Å². The van der Waals surface area contributed by atoms with E-state index in [4.69, 9.17) is 28.6 Å². The molecular formula is C23H26N10O8P2S2. The minimum atomic E-state index is -3.94. The molecule has 0 aromatic carbocycles. The average molecular weight is 697 g/mol. The van der Waals surface area contributed by atoms with Crippen LogP contribution in [0.15, 0.2) is 36.2 Å². The van der Waals surface area contributed by atoms with Crippen LogP contribution in [0.3, 0.4) is 0 Å². The molecule has 18 nitrogen and oxygen atoms in total. The van der Waals surface area contributed by atoms with Gasteiger partial charge in [0.1, 0.15) is 23.6 Å². The second-order valence-electron chi connectivity index (χ2n) is 11.1. The number of aromatic amines is 1. The average Bonchev–Trinajstić information content (AvgIpc) is 3.77. The summed E-state index contributed by atoms with van der Waals surface area (Å²) in [5, 5.41) is 0. The van der Waals surface area contributed by atoms with Crippen LogP contribution in [-0.4, -0.2) is 75.5 Å². The fourth-order valence-corrected chi connectivity index (χ4v) is 8.94. The molecule has 7 heterocycles. The van der Waals surface area contributed by atoms with E-state index in [1.165, 1.54) is 29.4 Å². The minimum absolute atomic E-state index is 0.00759. The highest BCUT2D eigenvalue weighted by atomic mass is 32.7. The Hall–Kier alpha value is -2.80. The lowest BCUT2D eigenvalue weighted by Gasteiger charge is -2.45. The van der Waals surface area contributed by atoms with Crippen LogP contribution in [-0.2, 0) is 32.0 Å². The zero-order valence-electron chi connectivity index (χ0n) is 23.1. The first kappa shape index (κ1) is 29.6. The number of hydrogen-bond acceptors (Lipinski definition) is 14. The van der Waals surface area contributed by atoms with Crippen LogP contribution in [0.5, 0.6) is 0 Å². The Kier molecular flexibility index (Phi) is 7.16. The number of rotatable bonds is 2. The van der Waals surface area contributed by atoms with E-state index in [9.17, 15) is 13.9 Å². The first-order chi connectivity index (χ1) is 21.6. The van der Waals surface area contributed by atoms with Crippen molar-refractivity contribution in [3.8, 4) is 0 Å². The van der Waals surface area contributed by atoms with E-state index in [2.05, 4.69) is 54.4 Å². The summed E-state index contributed by atoms with van der Waals surface area (Å²) in [7, 11) is 0. The molecule has 0 radical (unpaired) electrons. The lowest BCUT2D eigenvalue weighted by molar-refractivity contribution is -0.0426. The highest BCUT2D eigenvalue weighted by molar-refractivity contribution is 8.44. The van der Waals surface area contributed by atoms with Crippen molar-refractivity contribution in [2.75, 3.05) is 25.6 Å². The number of H-pyrrole nitrogens is 1. The van der Waals surface area contributed by atoms with Crippen LogP contribution < -0.4 is 11.3 Å². The number of aromatic nitrogens is 9. The van der Waals surface area contributed by atoms with E-state index in [0.29, 0.717) is 29.0 Å². The summed E-state index contributed by atoms with van der Waals surface area (Å²) < 4.78 is 61.0. The maximum Gasteiger partial charge on any atom is 0.386 e. The molecule has 3 aliphatic rings. The third-order valence-electron chi connectivity index (χ3n) is 8.47. The zero-order valence-corrected chi connectivity index (χ0v) is 26.7. The van der Waals surface area contributed by atoms with Gasteiger partial charge in [-0.25, -0.2) is 38.5 Å². The Morgan fingerprint density at radius 3 is 2.58 bits per heavy atom. The molecule has 8 atom stereocenters. The van der Waals surface area contributed by atoms with Crippen molar-refractivity contribution in [1.82, 2.24) is 43.4 Å². The molecule has 5 aromatic heterocycles. The Morgan fingerprint density at radius 1 is 0.933 bits per heavy atom. The second-order valence-corrected chi connectivity index (χ2v) is 16.9. The fraction of sp³-hybridized carbons (Fsp3) is 0.478. The summed E-state index contributed by atoms with van der Waals surface area (Å²) in [6.45, 7) is -7.97. The molecule has 8 rings (SSSR count). The van der Waals surface area contributed by atoms with E-state index in [-0.39, 0.29) is 61.0 Å². The fourth-order valence-electron chi connectivity index (χ4n) is 6.21. The molecule has 0 unspecified atom stereocenters. The molecule has 1 saturated carbocycles. The summed E-state index contributed by atoms with van der Waals surface area (Å²) in [6, 6.07) is -0.179. The molecule has 1 aliphatic carbocycles. The summed E-state index contributed by atoms with van der Waals surface area (Å²) in [6.07, 6.45) is 5.62. The maximum atomic E-state index is 13.6. The molecule has 238 valence electrons. The van der Waals surface area contributed by atoms with Crippen molar-refractivity contribution in [3.05, 3.63) is 41.7 Å². The van der Waals surface area contributed by atoms with Gasteiger partial charge in [0.05, 0.1) is 38.6 Å². The Balaban J connectivity index is 1.08. The standard InChI is InChI=1S/C23H26N10O8P2S2/c24-18-16-19(27-8-26-18)32(9-28-16)14-3-11-5-37-43(36,45)41-15-4-12(6-38-42(35,44)39-7-13(11)14)40-22(15)33-10-29-17-20(33)30-23-25-1-2-31(23)21(17)34/h1-2,8-15,22H,3-7H2,(H,25,30)(H,35,44)(H,36,45)(H2,24,26,27)/t11-,12+,13-,14-,15-,22-,42+,43+/m1/s1. The molecule has 5 aromatic rings. The van der Waals surface area contributed by atoms with Gasteiger partial charge >= 0.3 is 13.6 Å².